The van der Waals surface area contributed by atoms with Gasteiger partial charge in [0.2, 0.25) is 5.91 Å². The largest absolute Gasteiger partial charge is 0.341 e. The fraction of sp³-hybridized carbons (Fsp3) is 0.615. The molecule has 18 heavy (non-hydrogen) atoms. The van der Waals surface area contributed by atoms with E-state index in [0.29, 0.717) is 18.9 Å². The van der Waals surface area contributed by atoms with Crippen LogP contribution in [-0.2, 0) is 11.2 Å². The summed E-state index contributed by atoms with van der Waals surface area (Å²) in [5, 5.41) is 2.09. The number of hydrogen-bond acceptors (Lipinski definition) is 3. The Labute approximate surface area is 117 Å². The molecule has 0 aliphatic carbocycles. The number of amides is 1. The standard InChI is InChI=1S/C13H19ClN2OS/c1-2-13(17)16-6-9(4-11(15)7-16)3-10-5-12(14)18-8-10/h5,8-9,11H,2-4,6-7,15H2,1H3. The lowest BCUT2D eigenvalue weighted by Crippen LogP contribution is -2.49. The summed E-state index contributed by atoms with van der Waals surface area (Å²) in [6.45, 7) is 3.43. The number of nitrogens with zero attached hydrogens (tertiary/aromatic N) is 1. The Morgan fingerprint density at radius 3 is 3.00 bits per heavy atom. The zero-order valence-corrected chi connectivity index (χ0v) is 12.1. The molecule has 1 saturated heterocycles. The molecule has 1 aliphatic heterocycles. The van der Waals surface area contributed by atoms with E-state index in [1.165, 1.54) is 5.56 Å². The number of hydrogen-bond donors (Lipinski definition) is 1. The van der Waals surface area contributed by atoms with Crippen LogP contribution in [0.25, 0.3) is 0 Å². The van der Waals surface area contributed by atoms with Crippen molar-refractivity contribution in [1.82, 2.24) is 4.90 Å². The number of piperidine rings is 1. The van der Waals surface area contributed by atoms with Crippen LogP contribution in [0, 0.1) is 5.92 Å². The number of halogens is 1. The number of carbonyl (C=O) groups excluding carboxylic acids is 1. The van der Waals surface area contributed by atoms with Gasteiger partial charge in [-0.1, -0.05) is 18.5 Å². The second kappa shape index (κ2) is 6.04. The van der Waals surface area contributed by atoms with Gasteiger partial charge in [-0.2, -0.15) is 0 Å². The zero-order valence-electron chi connectivity index (χ0n) is 10.6. The Morgan fingerprint density at radius 2 is 2.39 bits per heavy atom. The van der Waals surface area contributed by atoms with Crippen LogP contribution in [0.3, 0.4) is 0 Å². The molecule has 1 fully saturated rings. The van der Waals surface area contributed by atoms with Gasteiger partial charge in [-0.3, -0.25) is 4.79 Å². The molecule has 2 rings (SSSR count). The van der Waals surface area contributed by atoms with Crippen molar-refractivity contribution in [2.45, 2.75) is 32.2 Å². The normalized spacial score (nSPS) is 24.3. The summed E-state index contributed by atoms with van der Waals surface area (Å²) >= 11 is 7.50. The third kappa shape index (κ3) is 3.46. The van der Waals surface area contributed by atoms with Crippen LogP contribution in [0.1, 0.15) is 25.3 Å². The third-order valence-electron chi connectivity index (χ3n) is 3.37. The Bertz CT molecular complexity index is 421. The molecule has 0 aromatic carbocycles. The van der Waals surface area contributed by atoms with Crippen LogP contribution >= 0.6 is 22.9 Å². The molecule has 3 nitrogen and oxygen atoms in total. The molecule has 100 valence electrons. The van der Waals surface area contributed by atoms with E-state index in [4.69, 9.17) is 17.3 Å². The lowest BCUT2D eigenvalue weighted by molar-refractivity contribution is -0.133. The summed E-state index contributed by atoms with van der Waals surface area (Å²) in [5.41, 5.74) is 7.31. The van der Waals surface area contributed by atoms with Gasteiger partial charge in [-0.05, 0) is 35.8 Å². The van der Waals surface area contributed by atoms with Crippen molar-refractivity contribution in [3.05, 3.63) is 21.3 Å². The van der Waals surface area contributed by atoms with Crippen LogP contribution in [0.2, 0.25) is 4.34 Å². The van der Waals surface area contributed by atoms with E-state index in [2.05, 4.69) is 5.38 Å². The molecule has 0 radical (unpaired) electrons. The molecule has 2 N–H and O–H groups in total. The highest BCUT2D eigenvalue weighted by Gasteiger charge is 2.27. The average Bonchev–Trinajstić information content (AvgIpc) is 2.73. The summed E-state index contributed by atoms with van der Waals surface area (Å²) in [6, 6.07) is 2.12. The molecule has 2 heterocycles. The summed E-state index contributed by atoms with van der Waals surface area (Å²) in [6.07, 6.45) is 2.51. The Morgan fingerprint density at radius 1 is 1.61 bits per heavy atom. The summed E-state index contributed by atoms with van der Waals surface area (Å²) in [4.78, 5) is 13.7. The maximum Gasteiger partial charge on any atom is 0.222 e. The SMILES string of the molecule is CCC(=O)N1CC(N)CC(Cc2csc(Cl)c2)C1. The highest BCUT2D eigenvalue weighted by molar-refractivity contribution is 7.14. The highest BCUT2D eigenvalue weighted by atomic mass is 35.5. The van der Waals surface area contributed by atoms with Crippen LogP contribution in [-0.4, -0.2) is 29.9 Å². The molecular weight excluding hydrogens is 268 g/mol. The minimum atomic E-state index is 0.105. The molecule has 0 saturated carbocycles. The van der Waals surface area contributed by atoms with E-state index in [0.717, 1.165) is 23.7 Å². The van der Waals surface area contributed by atoms with E-state index in [9.17, 15) is 4.79 Å². The van der Waals surface area contributed by atoms with Crippen LogP contribution in [0.15, 0.2) is 11.4 Å². The van der Waals surface area contributed by atoms with Gasteiger partial charge in [-0.25, -0.2) is 0 Å². The van der Waals surface area contributed by atoms with Crippen molar-refractivity contribution in [3.63, 3.8) is 0 Å². The summed E-state index contributed by atoms with van der Waals surface area (Å²) in [5.74, 6) is 0.661. The average molecular weight is 287 g/mol. The molecule has 1 aliphatic rings. The number of carbonyl (C=O) groups is 1. The Kier molecular flexibility index (Phi) is 4.65. The zero-order chi connectivity index (χ0) is 13.1. The van der Waals surface area contributed by atoms with E-state index in [-0.39, 0.29) is 11.9 Å². The first kappa shape index (κ1) is 13.8. The van der Waals surface area contributed by atoms with Gasteiger partial charge in [0.15, 0.2) is 0 Å². The first-order chi connectivity index (χ1) is 8.58. The minimum absolute atomic E-state index is 0.105. The lowest BCUT2D eigenvalue weighted by Gasteiger charge is -2.36. The number of rotatable bonds is 3. The van der Waals surface area contributed by atoms with Gasteiger partial charge in [0.25, 0.3) is 0 Å². The first-order valence-corrected chi connectivity index (χ1v) is 7.60. The van der Waals surface area contributed by atoms with E-state index in [1.807, 2.05) is 17.9 Å². The van der Waals surface area contributed by atoms with Gasteiger partial charge < -0.3 is 10.6 Å². The highest BCUT2D eigenvalue weighted by Crippen LogP contribution is 2.26. The van der Waals surface area contributed by atoms with Crippen LogP contribution in [0.4, 0.5) is 0 Å². The fourth-order valence-electron chi connectivity index (χ4n) is 2.61. The van der Waals surface area contributed by atoms with Gasteiger partial charge in [0, 0.05) is 25.6 Å². The van der Waals surface area contributed by atoms with Crippen molar-refractivity contribution in [3.8, 4) is 0 Å². The molecule has 2 atom stereocenters. The Hall–Kier alpha value is -0.580. The fourth-order valence-corrected chi connectivity index (χ4v) is 3.53. The van der Waals surface area contributed by atoms with Crippen LogP contribution < -0.4 is 5.73 Å². The quantitative estimate of drug-likeness (QED) is 0.928. The predicted molar refractivity (Wildman–Crippen MR) is 76.0 cm³/mol. The van der Waals surface area contributed by atoms with E-state index in [1.54, 1.807) is 11.3 Å². The molecule has 0 spiro atoms. The second-order valence-electron chi connectivity index (χ2n) is 4.98. The summed E-state index contributed by atoms with van der Waals surface area (Å²) < 4.78 is 0.826. The maximum atomic E-state index is 11.8. The monoisotopic (exact) mass is 286 g/mol. The van der Waals surface area contributed by atoms with Crippen molar-refractivity contribution < 1.29 is 4.79 Å². The van der Waals surface area contributed by atoms with Crippen molar-refractivity contribution in [2.24, 2.45) is 11.7 Å². The number of nitrogens with two attached hydrogens (primary N) is 1. The van der Waals surface area contributed by atoms with Gasteiger partial charge in [0.1, 0.15) is 0 Å². The van der Waals surface area contributed by atoms with E-state index < -0.39 is 0 Å². The minimum Gasteiger partial charge on any atom is -0.341 e. The van der Waals surface area contributed by atoms with Crippen molar-refractivity contribution >= 4 is 28.8 Å². The molecule has 1 aromatic rings. The maximum absolute atomic E-state index is 11.8. The Balaban J connectivity index is 1.98. The van der Waals surface area contributed by atoms with Crippen molar-refractivity contribution in [1.29, 1.82) is 0 Å². The van der Waals surface area contributed by atoms with Gasteiger partial charge in [0.05, 0.1) is 4.34 Å². The first-order valence-electron chi connectivity index (χ1n) is 6.34. The van der Waals surface area contributed by atoms with Crippen molar-refractivity contribution in [2.75, 3.05) is 13.1 Å². The summed E-state index contributed by atoms with van der Waals surface area (Å²) in [7, 11) is 0. The number of likely N-dealkylation sites (tertiary alicyclic amines) is 1. The topological polar surface area (TPSA) is 46.3 Å². The predicted octanol–water partition coefficient (Wildman–Crippen LogP) is 2.53. The second-order valence-corrected chi connectivity index (χ2v) is 6.52. The molecule has 1 amide bonds. The molecule has 2 unspecified atom stereocenters. The molecule has 5 heteroatoms. The lowest BCUT2D eigenvalue weighted by atomic mass is 9.90. The molecule has 0 bridgehead atoms. The smallest absolute Gasteiger partial charge is 0.222 e. The van der Waals surface area contributed by atoms with Gasteiger partial charge in [-0.15, -0.1) is 11.3 Å². The third-order valence-corrected chi connectivity index (χ3v) is 4.51. The van der Waals surface area contributed by atoms with E-state index >= 15 is 0 Å². The molecule has 1 aromatic heterocycles. The number of thiophene rings is 1. The molecular formula is C13H19ClN2OS. The van der Waals surface area contributed by atoms with Crippen LogP contribution in [0.5, 0.6) is 0 Å². The van der Waals surface area contributed by atoms with Gasteiger partial charge >= 0.3 is 0 Å².